The van der Waals surface area contributed by atoms with E-state index in [2.05, 4.69) is 10.3 Å². The highest BCUT2D eigenvalue weighted by atomic mass is 16.1. The van der Waals surface area contributed by atoms with Crippen LogP contribution >= 0.6 is 0 Å². The maximum atomic E-state index is 10.2. The molecule has 0 aliphatic carbocycles. The Morgan fingerprint density at radius 3 is 3.09 bits per heavy atom. The molecule has 0 saturated carbocycles. The molecule has 5 heteroatoms. The summed E-state index contributed by atoms with van der Waals surface area (Å²) in [5.41, 5.74) is 5.65. The molecule has 0 unspecified atom stereocenters. The highest BCUT2D eigenvalue weighted by Gasteiger charge is 1.96. The third-order valence-corrected chi connectivity index (χ3v) is 1.27. The summed E-state index contributed by atoms with van der Waals surface area (Å²) in [5.74, 6) is 0. The second-order valence-corrected chi connectivity index (χ2v) is 2.17. The lowest BCUT2D eigenvalue weighted by Gasteiger charge is -1.94. The predicted molar refractivity (Wildman–Crippen MR) is 39.1 cm³/mol. The van der Waals surface area contributed by atoms with Gasteiger partial charge >= 0.3 is 0 Å². The number of aryl methyl sites for hydroxylation is 1. The van der Waals surface area contributed by atoms with Crippen LogP contribution in [0.4, 0.5) is 0 Å². The molecule has 0 aliphatic heterocycles. The first kappa shape index (κ1) is 7.87. The number of carbonyl (C=O) groups excluding carboxylic acids is 1. The molecular formula is C6H10N4O. The summed E-state index contributed by atoms with van der Waals surface area (Å²) in [6.45, 7) is 1.34. The second kappa shape index (κ2) is 3.82. The number of hydrogen-bond donors (Lipinski definition) is 1. The zero-order chi connectivity index (χ0) is 8.10. The second-order valence-electron chi connectivity index (χ2n) is 2.17. The van der Waals surface area contributed by atoms with Crippen LogP contribution in [0.15, 0.2) is 6.20 Å². The van der Waals surface area contributed by atoms with Gasteiger partial charge in [0, 0.05) is 6.54 Å². The maximum absolute atomic E-state index is 10.2. The largest absolute Gasteiger partial charge is 0.330 e. The van der Waals surface area contributed by atoms with E-state index in [1.165, 1.54) is 0 Å². The number of carbonyl (C=O) groups is 1. The van der Waals surface area contributed by atoms with E-state index in [0.29, 0.717) is 18.5 Å². The molecule has 2 N–H and O–H groups in total. The Balaban J connectivity index is 2.51. The third kappa shape index (κ3) is 2.12. The summed E-state index contributed by atoms with van der Waals surface area (Å²) in [6, 6.07) is 0. The molecule has 11 heavy (non-hydrogen) atoms. The number of nitrogens with zero attached hydrogens (tertiary/aromatic N) is 3. The monoisotopic (exact) mass is 154 g/mol. The van der Waals surface area contributed by atoms with Crippen molar-refractivity contribution in [2.45, 2.75) is 13.0 Å². The van der Waals surface area contributed by atoms with Gasteiger partial charge in [-0.05, 0) is 13.0 Å². The zero-order valence-electron chi connectivity index (χ0n) is 6.10. The van der Waals surface area contributed by atoms with Gasteiger partial charge in [0.2, 0.25) is 0 Å². The molecule has 0 saturated heterocycles. The lowest BCUT2D eigenvalue weighted by molar-refractivity contribution is 0.111. The van der Waals surface area contributed by atoms with Crippen LogP contribution in [0.1, 0.15) is 16.9 Å². The number of nitrogens with two attached hydrogens (primary N) is 1. The minimum Gasteiger partial charge on any atom is -0.330 e. The topological polar surface area (TPSA) is 73.8 Å². The van der Waals surface area contributed by atoms with E-state index in [0.717, 1.165) is 13.0 Å². The summed E-state index contributed by atoms with van der Waals surface area (Å²) in [7, 11) is 0. The maximum Gasteiger partial charge on any atom is 0.171 e. The average Bonchev–Trinajstić information content (AvgIpc) is 2.48. The van der Waals surface area contributed by atoms with E-state index < -0.39 is 0 Å². The van der Waals surface area contributed by atoms with Crippen LogP contribution in [0, 0.1) is 0 Å². The van der Waals surface area contributed by atoms with Gasteiger partial charge in [0.1, 0.15) is 5.69 Å². The Hall–Kier alpha value is -1.23. The summed E-state index contributed by atoms with van der Waals surface area (Å²) in [4.78, 5) is 10.2. The van der Waals surface area contributed by atoms with Crippen LogP contribution in [0.5, 0.6) is 0 Å². The Labute approximate surface area is 64.2 Å². The SMILES string of the molecule is NCCCn1cc(C=O)nn1. The van der Waals surface area contributed by atoms with Crippen LogP contribution in [0.3, 0.4) is 0 Å². The van der Waals surface area contributed by atoms with Gasteiger partial charge in [0.15, 0.2) is 6.29 Å². The molecule has 0 aromatic carbocycles. The molecule has 0 fully saturated rings. The van der Waals surface area contributed by atoms with Gasteiger partial charge in [-0.25, -0.2) is 0 Å². The molecule has 1 aromatic rings. The molecule has 5 nitrogen and oxygen atoms in total. The Bertz CT molecular complexity index is 232. The first-order valence-corrected chi connectivity index (χ1v) is 3.42. The van der Waals surface area contributed by atoms with E-state index in [1.807, 2.05) is 0 Å². The van der Waals surface area contributed by atoms with E-state index in [1.54, 1.807) is 10.9 Å². The number of rotatable bonds is 4. The first-order chi connectivity index (χ1) is 5.36. The lowest BCUT2D eigenvalue weighted by Crippen LogP contribution is -2.06. The molecule has 1 aromatic heterocycles. The quantitative estimate of drug-likeness (QED) is 0.590. The normalized spacial score (nSPS) is 9.91. The predicted octanol–water partition coefficient (Wildman–Crippen LogP) is -0.561. The minimum atomic E-state index is 0.363. The van der Waals surface area contributed by atoms with Crippen LogP contribution in [0.25, 0.3) is 0 Å². The summed E-state index contributed by atoms with van der Waals surface area (Å²) < 4.78 is 1.61. The van der Waals surface area contributed by atoms with Crippen LogP contribution in [0.2, 0.25) is 0 Å². The molecule has 1 heterocycles. The fraction of sp³-hybridized carbons (Fsp3) is 0.500. The van der Waals surface area contributed by atoms with Crippen molar-refractivity contribution in [1.82, 2.24) is 15.0 Å². The van der Waals surface area contributed by atoms with Gasteiger partial charge in [-0.1, -0.05) is 5.21 Å². The van der Waals surface area contributed by atoms with Gasteiger partial charge in [0.25, 0.3) is 0 Å². The van der Waals surface area contributed by atoms with Crippen molar-refractivity contribution in [3.63, 3.8) is 0 Å². The number of aldehydes is 1. The van der Waals surface area contributed by atoms with Crippen molar-refractivity contribution in [3.8, 4) is 0 Å². The fourth-order valence-corrected chi connectivity index (χ4v) is 0.730. The van der Waals surface area contributed by atoms with Gasteiger partial charge in [-0.2, -0.15) is 0 Å². The highest BCUT2D eigenvalue weighted by molar-refractivity contribution is 5.70. The average molecular weight is 154 g/mol. The number of aromatic nitrogens is 3. The van der Waals surface area contributed by atoms with Crippen molar-refractivity contribution in [1.29, 1.82) is 0 Å². The fourth-order valence-electron chi connectivity index (χ4n) is 0.730. The molecule has 0 spiro atoms. The van der Waals surface area contributed by atoms with Crippen LogP contribution in [-0.2, 0) is 6.54 Å². The number of hydrogen-bond acceptors (Lipinski definition) is 4. The summed E-state index contributed by atoms with van der Waals surface area (Å²) >= 11 is 0. The van der Waals surface area contributed by atoms with E-state index in [4.69, 9.17) is 5.73 Å². The van der Waals surface area contributed by atoms with Crippen molar-refractivity contribution in [3.05, 3.63) is 11.9 Å². The lowest BCUT2D eigenvalue weighted by atomic mass is 10.4. The van der Waals surface area contributed by atoms with E-state index >= 15 is 0 Å². The third-order valence-electron chi connectivity index (χ3n) is 1.27. The Kier molecular flexibility index (Phi) is 2.74. The molecule has 1 rings (SSSR count). The minimum absolute atomic E-state index is 0.363. The Morgan fingerprint density at radius 2 is 2.55 bits per heavy atom. The summed E-state index contributed by atoms with van der Waals surface area (Å²) in [5, 5.41) is 7.30. The van der Waals surface area contributed by atoms with Crippen molar-refractivity contribution < 1.29 is 4.79 Å². The van der Waals surface area contributed by atoms with Gasteiger partial charge in [-0.15, -0.1) is 5.10 Å². The molecule has 0 aliphatic rings. The van der Waals surface area contributed by atoms with E-state index in [9.17, 15) is 4.79 Å². The molecular weight excluding hydrogens is 144 g/mol. The van der Waals surface area contributed by atoms with Gasteiger partial charge in [0.05, 0.1) is 6.20 Å². The van der Waals surface area contributed by atoms with Gasteiger partial charge in [-0.3, -0.25) is 9.48 Å². The molecule has 0 radical (unpaired) electrons. The van der Waals surface area contributed by atoms with E-state index in [-0.39, 0.29) is 0 Å². The van der Waals surface area contributed by atoms with Crippen LogP contribution in [-0.4, -0.2) is 27.8 Å². The smallest absolute Gasteiger partial charge is 0.171 e. The Morgan fingerprint density at radius 1 is 1.73 bits per heavy atom. The van der Waals surface area contributed by atoms with Crippen LogP contribution < -0.4 is 5.73 Å². The van der Waals surface area contributed by atoms with Crippen molar-refractivity contribution >= 4 is 6.29 Å². The van der Waals surface area contributed by atoms with Gasteiger partial charge < -0.3 is 5.73 Å². The molecule has 0 bridgehead atoms. The molecule has 60 valence electrons. The molecule has 0 atom stereocenters. The van der Waals surface area contributed by atoms with Crippen molar-refractivity contribution in [2.75, 3.05) is 6.54 Å². The highest BCUT2D eigenvalue weighted by Crippen LogP contribution is 1.89. The zero-order valence-corrected chi connectivity index (χ0v) is 6.10. The standard InChI is InChI=1S/C6H10N4O/c7-2-1-3-10-4-6(5-11)8-9-10/h4-5H,1-3,7H2. The molecule has 0 amide bonds. The first-order valence-electron chi connectivity index (χ1n) is 3.42. The van der Waals surface area contributed by atoms with Crippen molar-refractivity contribution in [2.24, 2.45) is 5.73 Å². The summed E-state index contributed by atoms with van der Waals surface area (Å²) in [6.07, 6.45) is 3.12.